The van der Waals surface area contributed by atoms with Crippen LogP contribution in [-0.4, -0.2) is 23.7 Å². The van der Waals surface area contributed by atoms with E-state index in [1.54, 1.807) is 0 Å². The number of carbonyl (C=O) groups is 1. The van der Waals surface area contributed by atoms with Gasteiger partial charge in [-0.15, -0.1) is 0 Å². The van der Waals surface area contributed by atoms with Crippen molar-refractivity contribution < 1.29 is 9.90 Å². The van der Waals surface area contributed by atoms with Crippen LogP contribution in [0.5, 0.6) is 0 Å². The first-order chi connectivity index (χ1) is 8.20. The van der Waals surface area contributed by atoms with Crippen LogP contribution >= 0.6 is 0 Å². The van der Waals surface area contributed by atoms with Crippen molar-refractivity contribution in [1.29, 1.82) is 0 Å². The molecule has 3 heteroatoms. The van der Waals surface area contributed by atoms with Gasteiger partial charge >= 0.3 is 5.97 Å². The van der Waals surface area contributed by atoms with Crippen LogP contribution in [0.4, 0.5) is 0 Å². The molecular weight excluding hydrogens is 214 g/mol. The number of hydrogen-bond donors (Lipinski definition) is 2. The van der Waals surface area contributed by atoms with E-state index in [0.717, 1.165) is 31.7 Å². The lowest BCUT2D eigenvalue weighted by atomic mass is 9.84. The van der Waals surface area contributed by atoms with Crippen molar-refractivity contribution in [2.45, 2.75) is 70.8 Å². The van der Waals surface area contributed by atoms with E-state index in [1.165, 1.54) is 32.1 Å². The summed E-state index contributed by atoms with van der Waals surface area (Å²) in [7, 11) is 0. The highest BCUT2D eigenvalue weighted by molar-refractivity contribution is 5.66. The molecule has 1 unspecified atom stereocenters. The summed E-state index contributed by atoms with van der Waals surface area (Å²) in [5, 5.41) is 12.1. The number of carboxylic acids is 1. The quantitative estimate of drug-likeness (QED) is 0.642. The van der Waals surface area contributed by atoms with Gasteiger partial charge in [0.1, 0.15) is 0 Å². The largest absolute Gasteiger partial charge is 0.481 e. The van der Waals surface area contributed by atoms with Crippen LogP contribution in [-0.2, 0) is 4.79 Å². The van der Waals surface area contributed by atoms with Crippen LogP contribution in [0.1, 0.15) is 64.7 Å². The van der Waals surface area contributed by atoms with Gasteiger partial charge in [0.15, 0.2) is 0 Å². The summed E-state index contributed by atoms with van der Waals surface area (Å²) in [5.41, 5.74) is 0. The van der Waals surface area contributed by atoms with Gasteiger partial charge in [-0.25, -0.2) is 0 Å². The Labute approximate surface area is 105 Å². The number of nitrogens with one attached hydrogen (secondary N) is 1. The van der Waals surface area contributed by atoms with E-state index in [2.05, 4.69) is 12.2 Å². The lowest BCUT2D eigenvalue weighted by Gasteiger charge is -2.28. The molecule has 17 heavy (non-hydrogen) atoms. The minimum absolute atomic E-state index is 0.318. The van der Waals surface area contributed by atoms with E-state index in [0.29, 0.717) is 12.5 Å². The maximum atomic E-state index is 10.3. The smallest absolute Gasteiger partial charge is 0.303 e. The molecule has 1 aliphatic rings. The van der Waals surface area contributed by atoms with Crippen molar-refractivity contribution in [3.05, 3.63) is 0 Å². The third-order valence-electron chi connectivity index (χ3n) is 3.89. The maximum absolute atomic E-state index is 10.3. The van der Waals surface area contributed by atoms with Gasteiger partial charge in [-0.2, -0.15) is 0 Å². The van der Waals surface area contributed by atoms with Crippen LogP contribution in [0.25, 0.3) is 0 Å². The van der Waals surface area contributed by atoms with Gasteiger partial charge in [0.2, 0.25) is 0 Å². The predicted molar refractivity (Wildman–Crippen MR) is 70.1 cm³/mol. The standard InChI is InChI=1S/C14H27NO2/c1-12(13-8-4-2-5-9-13)15-11-7-3-6-10-14(16)17/h12-13,15H,2-11H2,1H3,(H,16,17). The number of aliphatic carboxylic acids is 1. The summed E-state index contributed by atoms with van der Waals surface area (Å²) in [6, 6.07) is 0.634. The molecule has 2 N–H and O–H groups in total. The molecule has 1 atom stereocenters. The van der Waals surface area contributed by atoms with E-state index in [-0.39, 0.29) is 0 Å². The molecule has 0 bridgehead atoms. The maximum Gasteiger partial charge on any atom is 0.303 e. The van der Waals surface area contributed by atoms with Crippen molar-refractivity contribution in [3.8, 4) is 0 Å². The van der Waals surface area contributed by atoms with Crippen LogP contribution in [0.2, 0.25) is 0 Å². The molecule has 1 rings (SSSR count). The Bertz CT molecular complexity index is 212. The second kappa shape index (κ2) is 8.51. The Morgan fingerprint density at radius 3 is 2.59 bits per heavy atom. The van der Waals surface area contributed by atoms with E-state index in [4.69, 9.17) is 5.11 Å². The van der Waals surface area contributed by atoms with Crippen LogP contribution < -0.4 is 5.32 Å². The molecule has 0 aliphatic heterocycles. The van der Waals surface area contributed by atoms with E-state index >= 15 is 0 Å². The average molecular weight is 241 g/mol. The fourth-order valence-corrected chi connectivity index (χ4v) is 2.71. The van der Waals surface area contributed by atoms with Gasteiger partial charge in [0, 0.05) is 12.5 Å². The van der Waals surface area contributed by atoms with Crippen molar-refractivity contribution in [3.63, 3.8) is 0 Å². The monoisotopic (exact) mass is 241 g/mol. The fourth-order valence-electron chi connectivity index (χ4n) is 2.71. The minimum Gasteiger partial charge on any atom is -0.481 e. The number of hydrogen-bond acceptors (Lipinski definition) is 2. The third-order valence-corrected chi connectivity index (χ3v) is 3.89. The topological polar surface area (TPSA) is 49.3 Å². The van der Waals surface area contributed by atoms with Crippen molar-refractivity contribution in [2.24, 2.45) is 5.92 Å². The van der Waals surface area contributed by atoms with Crippen molar-refractivity contribution >= 4 is 5.97 Å². The SMILES string of the molecule is CC(NCCCCCC(=O)O)C1CCCCC1. The Hall–Kier alpha value is -0.570. The zero-order valence-electron chi connectivity index (χ0n) is 11.1. The van der Waals surface area contributed by atoms with Gasteiger partial charge in [-0.1, -0.05) is 25.7 Å². The molecule has 1 saturated carbocycles. The number of carboxylic acid groups (broad SMARTS) is 1. The van der Waals surface area contributed by atoms with Crippen molar-refractivity contribution in [1.82, 2.24) is 5.32 Å². The minimum atomic E-state index is -0.673. The summed E-state index contributed by atoms with van der Waals surface area (Å²) in [4.78, 5) is 10.3. The second-order valence-corrected chi connectivity index (χ2v) is 5.35. The van der Waals surface area contributed by atoms with Gasteiger partial charge in [0.25, 0.3) is 0 Å². The zero-order chi connectivity index (χ0) is 12.5. The average Bonchev–Trinajstić information content (AvgIpc) is 2.34. The van der Waals surface area contributed by atoms with Crippen LogP contribution in [0.15, 0.2) is 0 Å². The summed E-state index contributed by atoms with van der Waals surface area (Å²) in [6.45, 7) is 3.34. The molecule has 0 saturated heterocycles. The summed E-state index contributed by atoms with van der Waals surface area (Å²) in [5.74, 6) is 0.191. The van der Waals surface area contributed by atoms with Crippen molar-refractivity contribution in [2.75, 3.05) is 6.54 Å². The van der Waals surface area contributed by atoms with E-state index < -0.39 is 5.97 Å². The molecular formula is C14H27NO2. The Morgan fingerprint density at radius 2 is 1.94 bits per heavy atom. The number of unbranched alkanes of at least 4 members (excludes halogenated alkanes) is 2. The third kappa shape index (κ3) is 6.67. The Morgan fingerprint density at radius 1 is 1.24 bits per heavy atom. The zero-order valence-corrected chi connectivity index (χ0v) is 11.1. The van der Waals surface area contributed by atoms with Gasteiger partial charge in [-0.3, -0.25) is 4.79 Å². The first-order valence-electron chi connectivity index (χ1n) is 7.15. The van der Waals surface area contributed by atoms with E-state index in [9.17, 15) is 4.79 Å². The lowest BCUT2D eigenvalue weighted by molar-refractivity contribution is -0.137. The van der Waals surface area contributed by atoms with Gasteiger partial charge < -0.3 is 10.4 Å². The molecule has 0 aromatic heterocycles. The molecule has 0 aromatic rings. The fraction of sp³-hybridized carbons (Fsp3) is 0.929. The summed E-state index contributed by atoms with van der Waals surface area (Å²) in [6.07, 6.45) is 10.2. The second-order valence-electron chi connectivity index (χ2n) is 5.35. The molecule has 1 fully saturated rings. The molecule has 0 aromatic carbocycles. The number of rotatable bonds is 8. The summed E-state index contributed by atoms with van der Waals surface area (Å²) >= 11 is 0. The van der Waals surface area contributed by atoms with Crippen LogP contribution in [0, 0.1) is 5.92 Å². The van der Waals surface area contributed by atoms with Gasteiger partial charge in [0.05, 0.1) is 0 Å². The first kappa shape index (κ1) is 14.5. The normalized spacial score (nSPS) is 19.1. The molecule has 3 nitrogen and oxygen atoms in total. The van der Waals surface area contributed by atoms with E-state index in [1.807, 2.05) is 0 Å². The molecule has 0 spiro atoms. The first-order valence-corrected chi connectivity index (χ1v) is 7.15. The molecule has 0 radical (unpaired) electrons. The molecule has 100 valence electrons. The highest BCUT2D eigenvalue weighted by Crippen LogP contribution is 2.26. The summed E-state index contributed by atoms with van der Waals surface area (Å²) < 4.78 is 0. The highest BCUT2D eigenvalue weighted by Gasteiger charge is 2.18. The predicted octanol–water partition coefficient (Wildman–Crippen LogP) is 3.19. The Balaban J connectivity index is 1.96. The molecule has 0 heterocycles. The lowest BCUT2D eigenvalue weighted by Crippen LogP contribution is -2.35. The Kier molecular flexibility index (Phi) is 7.25. The molecule has 1 aliphatic carbocycles. The molecule has 0 amide bonds. The van der Waals surface area contributed by atoms with Crippen LogP contribution in [0.3, 0.4) is 0 Å². The highest BCUT2D eigenvalue weighted by atomic mass is 16.4. The van der Waals surface area contributed by atoms with Gasteiger partial charge in [-0.05, 0) is 45.1 Å².